The number of nitrogens with zero attached hydrogens (tertiary/aromatic N) is 1. The van der Waals surface area contributed by atoms with Crippen molar-refractivity contribution in [1.29, 1.82) is 0 Å². The Labute approximate surface area is 134 Å². The van der Waals surface area contributed by atoms with Crippen LogP contribution in [0.25, 0.3) is 0 Å². The molecule has 0 aliphatic rings. The van der Waals surface area contributed by atoms with Crippen LogP contribution >= 0.6 is 15.9 Å². The van der Waals surface area contributed by atoms with Gasteiger partial charge in [-0.2, -0.15) is 0 Å². The Morgan fingerprint density at radius 2 is 2.05 bits per heavy atom. The van der Waals surface area contributed by atoms with Gasteiger partial charge in [-0.3, -0.25) is 4.79 Å². The molecule has 118 valence electrons. The highest BCUT2D eigenvalue weighted by Gasteiger charge is 2.16. The lowest BCUT2D eigenvalue weighted by Crippen LogP contribution is -2.42. The first-order valence-corrected chi connectivity index (χ1v) is 7.62. The number of rotatable bonds is 7. The van der Waals surface area contributed by atoms with Crippen LogP contribution in [0.2, 0.25) is 0 Å². The predicted octanol–water partition coefficient (Wildman–Crippen LogP) is 2.42. The molecule has 0 aliphatic heterocycles. The Hall–Kier alpha value is -1.27. The summed E-state index contributed by atoms with van der Waals surface area (Å²) in [6.07, 6.45) is 0. The Bertz CT molecular complexity index is 494. The van der Waals surface area contributed by atoms with Crippen LogP contribution < -0.4 is 14.8 Å². The summed E-state index contributed by atoms with van der Waals surface area (Å²) < 4.78 is 11.4. The molecule has 1 amide bonds. The fourth-order valence-electron chi connectivity index (χ4n) is 1.92. The quantitative estimate of drug-likeness (QED) is 0.813. The second-order valence-electron chi connectivity index (χ2n) is 4.77. The van der Waals surface area contributed by atoms with Gasteiger partial charge in [0.1, 0.15) is 0 Å². The lowest BCUT2D eigenvalue weighted by molar-refractivity contribution is -0.131. The number of benzene rings is 1. The van der Waals surface area contributed by atoms with Crippen LogP contribution in [0.1, 0.15) is 19.4 Å². The van der Waals surface area contributed by atoms with Gasteiger partial charge in [0.25, 0.3) is 0 Å². The van der Waals surface area contributed by atoms with Gasteiger partial charge in [0, 0.05) is 20.1 Å². The predicted molar refractivity (Wildman–Crippen MR) is 86.9 cm³/mol. The second kappa shape index (κ2) is 8.24. The minimum absolute atomic E-state index is 0.0806. The SMILES string of the molecule is CCN(C)C(=O)C(C)NCc1cc(Br)c(OC)c(OC)c1. The fraction of sp³-hybridized carbons (Fsp3) is 0.533. The maximum atomic E-state index is 12.0. The van der Waals surface area contributed by atoms with Gasteiger partial charge in [0.05, 0.1) is 24.7 Å². The monoisotopic (exact) mass is 358 g/mol. The first-order chi connectivity index (χ1) is 9.94. The molecule has 0 saturated carbocycles. The van der Waals surface area contributed by atoms with Crippen LogP contribution in [0, 0.1) is 0 Å². The van der Waals surface area contributed by atoms with Gasteiger partial charge < -0.3 is 19.7 Å². The lowest BCUT2D eigenvalue weighted by Gasteiger charge is -2.21. The minimum Gasteiger partial charge on any atom is -0.493 e. The average molecular weight is 359 g/mol. The smallest absolute Gasteiger partial charge is 0.239 e. The number of nitrogens with one attached hydrogen (secondary N) is 1. The van der Waals surface area contributed by atoms with Crippen LogP contribution in [0.5, 0.6) is 11.5 Å². The summed E-state index contributed by atoms with van der Waals surface area (Å²) in [5, 5.41) is 3.22. The van der Waals surface area contributed by atoms with Crippen molar-refractivity contribution in [2.45, 2.75) is 26.4 Å². The summed E-state index contributed by atoms with van der Waals surface area (Å²) in [4.78, 5) is 13.7. The molecule has 0 bridgehead atoms. The Morgan fingerprint density at radius 1 is 1.38 bits per heavy atom. The summed E-state index contributed by atoms with van der Waals surface area (Å²) in [7, 11) is 5.00. The topological polar surface area (TPSA) is 50.8 Å². The Balaban J connectivity index is 2.76. The molecule has 5 nitrogen and oxygen atoms in total. The molecule has 0 aromatic heterocycles. The van der Waals surface area contributed by atoms with Crippen LogP contribution in [-0.4, -0.2) is 44.7 Å². The van der Waals surface area contributed by atoms with Crippen molar-refractivity contribution in [2.24, 2.45) is 0 Å². The van der Waals surface area contributed by atoms with Crippen molar-refractivity contribution in [1.82, 2.24) is 10.2 Å². The number of halogens is 1. The van der Waals surface area contributed by atoms with Crippen LogP contribution in [0.3, 0.4) is 0 Å². The lowest BCUT2D eigenvalue weighted by atomic mass is 10.2. The van der Waals surface area contributed by atoms with Gasteiger partial charge in [-0.15, -0.1) is 0 Å². The largest absolute Gasteiger partial charge is 0.493 e. The van der Waals surface area contributed by atoms with Gasteiger partial charge in [-0.25, -0.2) is 0 Å². The number of hydrogen-bond acceptors (Lipinski definition) is 4. The molecule has 21 heavy (non-hydrogen) atoms. The normalized spacial score (nSPS) is 11.9. The van der Waals surface area contributed by atoms with Gasteiger partial charge in [0.2, 0.25) is 5.91 Å². The highest BCUT2D eigenvalue weighted by molar-refractivity contribution is 9.10. The molecule has 1 N–H and O–H groups in total. The molecule has 0 spiro atoms. The van der Waals surface area contributed by atoms with E-state index in [0.717, 1.165) is 10.0 Å². The number of methoxy groups -OCH3 is 2. The molecule has 1 rings (SSSR count). The molecule has 1 atom stereocenters. The number of likely N-dealkylation sites (N-methyl/N-ethyl adjacent to an activating group) is 1. The maximum Gasteiger partial charge on any atom is 0.239 e. The Morgan fingerprint density at radius 3 is 2.57 bits per heavy atom. The van der Waals surface area contributed by atoms with Gasteiger partial charge in [-0.1, -0.05) is 0 Å². The molecule has 0 fully saturated rings. The van der Waals surface area contributed by atoms with Gasteiger partial charge in [-0.05, 0) is 47.5 Å². The number of carbonyl (C=O) groups is 1. The van der Waals surface area contributed by atoms with E-state index in [-0.39, 0.29) is 11.9 Å². The van der Waals surface area contributed by atoms with Crippen LogP contribution in [0.4, 0.5) is 0 Å². The second-order valence-corrected chi connectivity index (χ2v) is 5.62. The highest BCUT2D eigenvalue weighted by atomic mass is 79.9. The molecule has 0 radical (unpaired) electrons. The molecule has 6 heteroatoms. The highest BCUT2D eigenvalue weighted by Crippen LogP contribution is 2.36. The molecular weight excluding hydrogens is 336 g/mol. The zero-order chi connectivity index (χ0) is 16.0. The third-order valence-electron chi connectivity index (χ3n) is 3.33. The van der Waals surface area contributed by atoms with E-state index in [1.165, 1.54) is 0 Å². The van der Waals surface area contributed by atoms with E-state index < -0.39 is 0 Å². The van der Waals surface area contributed by atoms with E-state index in [1.807, 2.05) is 26.0 Å². The zero-order valence-electron chi connectivity index (χ0n) is 13.2. The van der Waals surface area contributed by atoms with E-state index in [0.29, 0.717) is 24.6 Å². The number of hydrogen-bond donors (Lipinski definition) is 1. The van der Waals surface area contributed by atoms with E-state index in [9.17, 15) is 4.79 Å². The summed E-state index contributed by atoms with van der Waals surface area (Å²) in [5.41, 5.74) is 1.01. The fourth-order valence-corrected chi connectivity index (χ4v) is 2.57. The van der Waals surface area contributed by atoms with Crippen molar-refractivity contribution in [3.63, 3.8) is 0 Å². The first-order valence-electron chi connectivity index (χ1n) is 6.83. The van der Waals surface area contributed by atoms with Crippen molar-refractivity contribution >= 4 is 21.8 Å². The third kappa shape index (κ3) is 4.61. The summed E-state index contributed by atoms with van der Waals surface area (Å²) >= 11 is 3.46. The molecule has 1 unspecified atom stereocenters. The standard InChI is InChI=1S/C15H23BrN2O3/c1-6-18(3)15(19)10(2)17-9-11-7-12(16)14(21-5)13(8-11)20-4/h7-8,10,17H,6,9H2,1-5H3. The van der Waals surface area contributed by atoms with Gasteiger partial charge >= 0.3 is 0 Å². The first kappa shape index (κ1) is 17.8. The molecule has 0 aliphatic carbocycles. The van der Waals surface area contributed by atoms with Gasteiger partial charge in [0.15, 0.2) is 11.5 Å². The van der Waals surface area contributed by atoms with E-state index in [1.54, 1.807) is 26.2 Å². The van der Waals surface area contributed by atoms with Crippen LogP contribution in [0.15, 0.2) is 16.6 Å². The van der Waals surface area contributed by atoms with E-state index in [4.69, 9.17) is 9.47 Å². The van der Waals surface area contributed by atoms with Crippen molar-refractivity contribution in [2.75, 3.05) is 27.8 Å². The third-order valence-corrected chi connectivity index (χ3v) is 3.92. The minimum atomic E-state index is -0.234. The van der Waals surface area contributed by atoms with Crippen molar-refractivity contribution in [3.05, 3.63) is 22.2 Å². The Kier molecular flexibility index (Phi) is 6.98. The summed E-state index contributed by atoms with van der Waals surface area (Å²) in [6, 6.07) is 3.62. The zero-order valence-corrected chi connectivity index (χ0v) is 14.8. The van der Waals surface area contributed by atoms with Crippen molar-refractivity contribution in [3.8, 4) is 11.5 Å². The van der Waals surface area contributed by atoms with E-state index >= 15 is 0 Å². The van der Waals surface area contributed by atoms with E-state index in [2.05, 4.69) is 21.2 Å². The molecule has 1 aromatic rings. The number of amides is 1. The van der Waals surface area contributed by atoms with Crippen molar-refractivity contribution < 1.29 is 14.3 Å². The molecular formula is C15H23BrN2O3. The molecule has 1 aromatic carbocycles. The number of carbonyl (C=O) groups excluding carboxylic acids is 1. The van der Waals surface area contributed by atoms with Crippen LogP contribution in [-0.2, 0) is 11.3 Å². The summed E-state index contributed by atoms with van der Waals surface area (Å²) in [5.74, 6) is 1.40. The maximum absolute atomic E-state index is 12.0. The summed E-state index contributed by atoms with van der Waals surface area (Å²) in [6.45, 7) is 5.09. The average Bonchev–Trinajstić information content (AvgIpc) is 2.50. The molecule has 0 heterocycles. The molecule has 0 saturated heterocycles. The number of ether oxygens (including phenoxy) is 2.